The van der Waals surface area contributed by atoms with E-state index in [1.165, 1.54) is 0 Å². The number of methoxy groups -OCH3 is 1. The van der Waals surface area contributed by atoms with Crippen LogP contribution in [0.5, 0.6) is 5.88 Å². The minimum absolute atomic E-state index is 0.266. The predicted molar refractivity (Wildman–Crippen MR) is 51.2 cm³/mol. The molecule has 0 unspecified atom stereocenters. The molecule has 5 nitrogen and oxygen atoms in total. The molecular formula is C9H13N3O2. The lowest BCUT2D eigenvalue weighted by molar-refractivity contribution is 0.146. The van der Waals surface area contributed by atoms with Crippen molar-refractivity contribution in [2.75, 3.05) is 26.1 Å². The van der Waals surface area contributed by atoms with Gasteiger partial charge in [-0.05, 0) is 0 Å². The summed E-state index contributed by atoms with van der Waals surface area (Å²) in [6.45, 7) is 1.38. The van der Waals surface area contributed by atoms with E-state index < -0.39 is 0 Å². The van der Waals surface area contributed by atoms with Crippen molar-refractivity contribution in [3.8, 4) is 5.88 Å². The Labute approximate surface area is 82.3 Å². The van der Waals surface area contributed by atoms with Crippen LogP contribution in [0.3, 0.4) is 0 Å². The van der Waals surface area contributed by atoms with Crippen LogP contribution in [0.2, 0.25) is 0 Å². The molecule has 0 aliphatic carbocycles. The molecule has 1 aromatic heterocycles. The third-order valence-electron chi connectivity index (χ3n) is 2.25. The average molecular weight is 195 g/mol. The van der Waals surface area contributed by atoms with Gasteiger partial charge in [-0.1, -0.05) is 0 Å². The van der Waals surface area contributed by atoms with Gasteiger partial charge in [-0.25, -0.2) is 4.98 Å². The van der Waals surface area contributed by atoms with E-state index in [2.05, 4.69) is 9.97 Å². The first kappa shape index (κ1) is 9.21. The van der Waals surface area contributed by atoms with Crippen LogP contribution < -0.4 is 10.5 Å². The molecular weight excluding hydrogens is 182 g/mol. The van der Waals surface area contributed by atoms with Crippen LogP contribution in [0.15, 0.2) is 0 Å². The lowest BCUT2D eigenvalue weighted by atomic mass is 10.1. The second-order valence-electron chi connectivity index (χ2n) is 3.13. The summed E-state index contributed by atoms with van der Waals surface area (Å²) in [6, 6.07) is 0. The average Bonchev–Trinajstić information content (AvgIpc) is 2.41. The predicted octanol–water partition coefficient (Wildman–Crippen LogP) is 0.183. The summed E-state index contributed by atoms with van der Waals surface area (Å²) in [4.78, 5) is 8.22. The smallest absolute Gasteiger partial charge is 0.223 e. The monoisotopic (exact) mass is 195 g/mol. The first-order valence-corrected chi connectivity index (χ1v) is 4.58. The highest BCUT2D eigenvalue weighted by molar-refractivity contribution is 5.36. The SMILES string of the molecule is COc1nc(N)nc2c1CCOCC2. The summed E-state index contributed by atoms with van der Waals surface area (Å²) >= 11 is 0. The molecule has 0 saturated carbocycles. The standard InChI is InChI=1S/C9H13N3O2/c1-13-8-6-2-4-14-5-3-7(6)11-9(10)12-8/h2-5H2,1H3,(H2,10,11,12). The van der Waals surface area contributed by atoms with Gasteiger partial charge < -0.3 is 15.2 Å². The molecule has 1 aliphatic heterocycles. The van der Waals surface area contributed by atoms with Crippen LogP contribution in [0.25, 0.3) is 0 Å². The third kappa shape index (κ3) is 1.63. The first-order valence-electron chi connectivity index (χ1n) is 4.58. The fourth-order valence-corrected chi connectivity index (χ4v) is 1.60. The summed E-state index contributed by atoms with van der Waals surface area (Å²) in [5.41, 5.74) is 7.54. The zero-order valence-electron chi connectivity index (χ0n) is 8.12. The van der Waals surface area contributed by atoms with Crippen LogP contribution in [0, 0.1) is 0 Å². The van der Waals surface area contributed by atoms with E-state index in [4.69, 9.17) is 15.2 Å². The highest BCUT2D eigenvalue weighted by Crippen LogP contribution is 2.22. The molecule has 2 N–H and O–H groups in total. The Kier molecular flexibility index (Phi) is 2.49. The minimum atomic E-state index is 0.266. The van der Waals surface area contributed by atoms with E-state index in [1.807, 2.05) is 0 Å². The summed E-state index contributed by atoms with van der Waals surface area (Å²) in [5, 5.41) is 0. The maximum atomic E-state index is 5.57. The number of ether oxygens (including phenoxy) is 2. The quantitative estimate of drug-likeness (QED) is 0.692. The molecule has 0 spiro atoms. The largest absolute Gasteiger partial charge is 0.481 e. The van der Waals surface area contributed by atoms with Crippen molar-refractivity contribution in [2.45, 2.75) is 12.8 Å². The first-order chi connectivity index (χ1) is 6.81. The van der Waals surface area contributed by atoms with Gasteiger partial charge in [0.25, 0.3) is 0 Å². The van der Waals surface area contributed by atoms with E-state index in [1.54, 1.807) is 7.11 Å². The van der Waals surface area contributed by atoms with E-state index in [9.17, 15) is 0 Å². The molecule has 0 atom stereocenters. The number of aromatic nitrogens is 2. The molecule has 1 aliphatic rings. The lowest BCUT2D eigenvalue weighted by Crippen LogP contribution is -2.07. The molecule has 2 rings (SSSR count). The van der Waals surface area contributed by atoms with Crippen molar-refractivity contribution in [1.29, 1.82) is 0 Å². The Morgan fingerprint density at radius 3 is 2.86 bits per heavy atom. The van der Waals surface area contributed by atoms with Crippen molar-refractivity contribution < 1.29 is 9.47 Å². The molecule has 0 amide bonds. The van der Waals surface area contributed by atoms with Crippen molar-refractivity contribution in [2.24, 2.45) is 0 Å². The van der Waals surface area contributed by atoms with Crippen LogP contribution in [-0.2, 0) is 17.6 Å². The molecule has 0 radical (unpaired) electrons. The zero-order chi connectivity index (χ0) is 9.97. The summed E-state index contributed by atoms with van der Waals surface area (Å²) < 4.78 is 10.5. The molecule has 0 aromatic carbocycles. The summed E-state index contributed by atoms with van der Waals surface area (Å²) in [5.74, 6) is 0.848. The Balaban J connectivity index is 2.46. The number of nitrogen functional groups attached to an aromatic ring is 1. The number of rotatable bonds is 1. The van der Waals surface area contributed by atoms with Gasteiger partial charge in [0.2, 0.25) is 11.8 Å². The number of hydrogen-bond acceptors (Lipinski definition) is 5. The van der Waals surface area contributed by atoms with Crippen LogP contribution in [0.4, 0.5) is 5.95 Å². The zero-order valence-corrected chi connectivity index (χ0v) is 8.12. The van der Waals surface area contributed by atoms with Crippen molar-refractivity contribution >= 4 is 5.95 Å². The number of nitrogens with two attached hydrogens (primary N) is 1. The molecule has 0 fully saturated rings. The number of nitrogens with zero attached hydrogens (tertiary/aromatic N) is 2. The molecule has 0 saturated heterocycles. The number of fused-ring (bicyclic) bond motifs is 1. The molecule has 76 valence electrons. The van der Waals surface area contributed by atoms with Gasteiger partial charge >= 0.3 is 0 Å². The number of anilines is 1. The fourth-order valence-electron chi connectivity index (χ4n) is 1.60. The van der Waals surface area contributed by atoms with E-state index in [0.29, 0.717) is 19.1 Å². The summed E-state index contributed by atoms with van der Waals surface area (Å²) in [7, 11) is 1.59. The molecule has 2 heterocycles. The summed E-state index contributed by atoms with van der Waals surface area (Å²) in [6.07, 6.45) is 1.57. The second-order valence-corrected chi connectivity index (χ2v) is 3.13. The number of hydrogen-bond donors (Lipinski definition) is 1. The van der Waals surface area contributed by atoms with Gasteiger partial charge in [-0.15, -0.1) is 0 Å². The maximum Gasteiger partial charge on any atom is 0.223 e. The molecule has 1 aromatic rings. The van der Waals surface area contributed by atoms with Gasteiger partial charge in [-0.3, -0.25) is 0 Å². The normalized spacial score (nSPS) is 15.8. The van der Waals surface area contributed by atoms with Crippen LogP contribution in [0.1, 0.15) is 11.3 Å². The maximum absolute atomic E-state index is 5.57. The fraction of sp³-hybridized carbons (Fsp3) is 0.556. The van der Waals surface area contributed by atoms with Gasteiger partial charge in [0.15, 0.2) is 0 Å². The lowest BCUT2D eigenvalue weighted by Gasteiger charge is -2.09. The minimum Gasteiger partial charge on any atom is -0.481 e. The van der Waals surface area contributed by atoms with Crippen molar-refractivity contribution in [3.05, 3.63) is 11.3 Å². The third-order valence-corrected chi connectivity index (χ3v) is 2.25. The Bertz CT molecular complexity index is 341. The highest BCUT2D eigenvalue weighted by atomic mass is 16.5. The van der Waals surface area contributed by atoms with Gasteiger partial charge in [0.05, 0.1) is 26.0 Å². The Morgan fingerprint density at radius 2 is 2.07 bits per heavy atom. The topological polar surface area (TPSA) is 70.3 Å². The Morgan fingerprint density at radius 1 is 1.29 bits per heavy atom. The molecule has 5 heteroatoms. The highest BCUT2D eigenvalue weighted by Gasteiger charge is 2.16. The molecule has 0 bridgehead atoms. The van der Waals surface area contributed by atoms with Crippen molar-refractivity contribution in [3.63, 3.8) is 0 Å². The van der Waals surface area contributed by atoms with Gasteiger partial charge in [-0.2, -0.15) is 4.98 Å². The van der Waals surface area contributed by atoms with Gasteiger partial charge in [0, 0.05) is 18.4 Å². The van der Waals surface area contributed by atoms with Crippen molar-refractivity contribution in [1.82, 2.24) is 9.97 Å². The van der Waals surface area contributed by atoms with E-state index in [-0.39, 0.29) is 5.95 Å². The Hall–Kier alpha value is -1.36. The molecule has 14 heavy (non-hydrogen) atoms. The second kappa shape index (κ2) is 3.79. The van der Waals surface area contributed by atoms with Crippen LogP contribution in [-0.4, -0.2) is 30.3 Å². The van der Waals surface area contributed by atoms with Gasteiger partial charge in [0.1, 0.15) is 0 Å². The van der Waals surface area contributed by atoms with Crippen LogP contribution >= 0.6 is 0 Å². The van der Waals surface area contributed by atoms with E-state index in [0.717, 1.165) is 24.1 Å². The van der Waals surface area contributed by atoms with E-state index >= 15 is 0 Å².